The first-order chi connectivity index (χ1) is 18.9. The van der Waals surface area contributed by atoms with Crippen LogP contribution < -0.4 is 24.0 Å². The second-order valence-corrected chi connectivity index (χ2v) is 9.46. The van der Waals surface area contributed by atoms with Crippen molar-refractivity contribution in [2.24, 2.45) is 0 Å². The standard InChI is InChI=1S/C29H26N4O6/c1-32(2)18-7-4-16(5-8-18)25-24(26(34)17-6-11-22-23(14-17)39-13-12-38-22)27(35)28(36)33(25)29-30-20-10-9-19(37-3)15-21(20)31-29/h4-11,14-15,25,34H,12-13H2,1-3H3,(H,30,31)/b26-24+. The van der Waals surface area contributed by atoms with Gasteiger partial charge >= 0.3 is 5.91 Å². The van der Waals surface area contributed by atoms with Crippen LogP contribution in [0.15, 0.2) is 66.2 Å². The second-order valence-electron chi connectivity index (χ2n) is 9.46. The van der Waals surface area contributed by atoms with E-state index in [0.29, 0.717) is 52.6 Å². The normalized spacial score (nSPS) is 18.0. The number of Topliss-reactive ketones (excluding diaryl/α,β-unsaturated/α-hetero) is 1. The smallest absolute Gasteiger partial charge is 0.302 e. The average Bonchev–Trinajstić information content (AvgIpc) is 3.49. The molecule has 0 aliphatic carbocycles. The molecule has 1 aromatic heterocycles. The van der Waals surface area contributed by atoms with E-state index in [1.54, 1.807) is 43.5 Å². The zero-order valence-electron chi connectivity index (χ0n) is 21.6. The molecule has 3 heterocycles. The van der Waals surface area contributed by atoms with Gasteiger partial charge in [-0.3, -0.25) is 14.5 Å². The highest BCUT2D eigenvalue weighted by Gasteiger charge is 2.48. The number of amides is 1. The number of hydrogen-bond donors (Lipinski definition) is 2. The highest BCUT2D eigenvalue weighted by atomic mass is 16.6. The lowest BCUT2D eigenvalue weighted by atomic mass is 9.95. The highest BCUT2D eigenvalue weighted by molar-refractivity contribution is 6.51. The summed E-state index contributed by atoms with van der Waals surface area (Å²) in [6, 6.07) is 16.7. The van der Waals surface area contributed by atoms with E-state index in [1.165, 1.54) is 4.90 Å². The van der Waals surface area contributed by atoms with Gasteiger partial charge in [-0.05, 0) is 48.0 Å². The van der Waals surface area contributed by atoms with E-state index in [4.69, 9.17) is 14.2 Å². The van der Waals surface area contributed by atoms with Crippen molar-refractivity contribution in [2.75, 3.05) is 44.2 Å². The topological polar surface area (TPSA) is 117 Å². The summed E-state index contributed by atoms with van der Waals surface area (Å²) in [5, 5.41) is 11.5. The fourth-order valence-electron chi connectivity index (χ4n) is 4.88. The molecule has 2 aliphatic rings. The summed E-state index contributed by atoms with van der Waals surface area (Å²) in [6.45, 7) is 0.798. The fourth-order valence-corrected chi connectivity index (χ4v) is 4.88. The fraction of sp³-hybridized carbons (Fsp3) is 0.207. The first-order valence-electron chi connectivity index (χ1n) is 12.4. The number of benzene rings is 3. The molecule has 1 atom stereocenters. The van der Waals surface area contributed by atoms with Gasteiger partial charge in [0.05, 0.1) is 29.8 Å². The maximum absolute atomic E-state index is 13.5. The van der Waals surface area contributed by atoms with Crippen molar-refractivity contribution in [3.05, 3.63) is 77.4 Å². The first-order valence-corrected chi connectivity index (χ1v) is 12.4. The van der Waals surface area contributed by atoms with E-state index >= 15 is 0 Å². The number of hydrogen-bond acceptors (Lipinski definition) is 8. The molecule has 6 rings (SSSR count). The van der Waals surface area contributed by atoms with Crippen LogP contribution in [0.3, 0.4) is 0 Å². The molecule has 4 aromatic rings. The Morgan fingerprint density at radius 1 is 1.03 bits per heavy atom. The van der Waals surface area contributed by atoms with Crippen LogP contribution in [-0.2, 0) is 9.59 Å². The molecule has 1 saturated heterocycles. The summed E-state index contributed by atoms with van der Waals surface area (Å²) < 4.78 is 16.6. The van der Waals surface area contributed by atoms with Crippen LogP contribution in [0.2, 0.25) is 0 Å². The lowest BCUT2D eigenvalue weighted by Gasteiger charge is -2.24. The number of ether oxygens (including phenoxy) is 3. The molecule has 1 unspecified atom stereocenters. The van der Waals surface area contributed by atoms with Gasteiger partial charge in [0.1, 0.15) is 24.7 Å². The maximum Gasteiger partial charge on any atom is 0.302 e. The maximum atomic E-state index is 13.5. The average molecular weight is 527 g/mol. The van der Waals surface area contributed by atoms with E-state index < -0.39 is 17.7 Å². The van der Waals surface area contributed by atoms with Crippen molar-refractivity contribution in [1.29, 1.82) is 0 Å². The predicted molar refractivity (Wildman–Crippen MR) is 146 cm³/mol. The van der Waals surface area contributed by atoms with Crippen LogP contribution in [0, 0.1) is 0 Å². The minimum absolute atomic E-state index is 0.0488. The lowest BCUT2D eigenvalue weighted by Crippen LogP contribution is -2.30. The minimum atomic E-state index is -0.933. The number of anilines is 2. The number of carbonyl (C=O) groups excluding carboxylic acids is 2. The van der Waals surface area contributed by atoms with Crippen molar-refractivity contribution < 1.29 is 28.9 Å². The molecule has 1 amide bonds. The quantitative estimate of drug-likeness (QED) is 0.227. The number of ketones is 1. The number of fused-ring (bicyclic) bond motifs is 2. The molecule has 0 bridgehead atoms. The number of carbonyl (C=O) groups is 2. The summed E-state index contributed by atoms with van der Waals surface area (Å²) in [4.78, 5) is 38.0. The minimum Gasteiger partial charge on any atom is -0.507 e. The Balaban J connectivity index is 1.52. The molecule has 39 heavy (non-hydrogen) atoms. The SMILES string of the molecule is COc1ccc2nc(N3C(=O)C(=O)/C(=C(/O)c4ccc5c(c4)OCCO5)C3c3ccc(N(C)C)cc3)[nH]c2c1. The zero-order chi connectivity index (χ0) is 27.3. The van der Waals surface area contributed by atoms with Gasteiger partial charge in [0.15, 0.2) is 11.5 Å². The van der Waals surface area contributed by atoms with Crippen LogP contribution in [-0.4, -0.2) is 61.2 Å². The number of nitrogens with one attached hydrogen (secondary N) is 1. The number of aromatic amines is 1. The van der Waals surface area contributed by atoms with Gasteiger partial charge in [0, 0.05) is 31.4 Å². The van der Waals surface area contributed by atoms with Gasteiger partial charge in [0.25, 0.3) is 5.78 Å². The molecule has 2 aliphatic heterocycles. The zero-order valence-corrected chi connectivity index (χ0v) is 21.6. The Morgan fingerprint density at radius 3 is 2.49 bits per heavy atom. The van der Waals surface area contributed by atoms with Crippen molar-refractivity contribution in [1.82, 2.24) is 9.97 Å². The molecule has 0 spiro atoms. The summed E-state index contributed by atoms with van der Waals surface area (Å²) in [7, 11) is 5.41. The van der Waals surface area contributed by atoms with Crippen molar-refractivity contribution in [3.63, 3.8) is 0 Å². The van der Waals surface area contributed by atoms with Gasteiger partial charge in [-0.25, -0.2) is 4.98 Å². The lowest BCUT2D eigenvalue weighted by molar-refractivity contribution is -0.132. The van der Waals surface area contributed by atoms with E-state index in [1.807, 2.05) is 43.3 Å². The van der Waals surface area contributed by atoms with Crippen LogP contribution >= 0.6 is 0 Å². The first kappa shape index (κ1) is 24.4. The van der Waals surface area contributed by atoms with Gasteiger partial charge in [-0.2, -0.15) is 0 Å². The van der Waals surface area contributed by atoms with Gasteiger partial charge in [0.2, 0.25) is 5.95 Å². The Morgan fingerprint density at radius 2 is 1.77 bits per heavy atom. The largest absolute Gasteiger partial charge is 0.507 e. The van der Waals surface area contributed by atoms with E-state index in [2.05, 4.69) is 9.97 Å². The number of nitrogens with zero attached hydrogens (tertiary/aromatic N) is 3. The molecule has 3 aromatic carbocycles. The van der Waals surface area contributed by atoms with E-state index in [9.17, 15) is 14.7 Å². The van der Waals surface area contributed by atoms with E-state index in [0.717, 1.165) is 5.69 Å². The summed E-state index contributed by atoms with van der Waals surface area (Å²) in [6.07, 6.45) is 0. The van der Waals surface area contributed by atoms with E-state index in [-0.39, 0.29) is 17.3 Å². The van der Waals surface area contributed by atoms with Gasteiger partial charge < -0.3 is 29.2 Å². The molecule has 0 radical (unpaired) electrons. The Kier molecular flexibility index (Phi) is 5.86. The molecule has 1 fully saturated rings. The van der Waals surface area contributed by atoms with Crippen molar-refractivity contribution >= 4 is 40.1 Å². The molecule has 198 valence electrons. The van der Waals surface area contributed by atoms with Gasteiger partial charge in [-0.1, -0.05) is 12.1 Å². The summed E-state index contributed by atoms with van der Waals surface area (Å²) in [5.74, 6) is -0.127. The molecule has 0 saturated carbocycles. The van der Waals surface area contributed by atoms with Gasteiger partial charge in [-0.15, -0.1) is 0 Å². The summed E-state index contributed by atoms with van der Waals surface area (Å²) in [5.41, 5.74) is 3.10. The Bertz CT molecular complexity index is 1640. The monoisotopic (exact) mass is 526 g/mol. The van der Waals surface area contributed by atoms with Crippen molar-refractivity contribution in [2.45, 2.75) is 6.04 Å². The number of aliphatic hydroxyl groups excluding tert-OH is 1. The number of H-pyrrole nitrogens is 1. The number of aromatic nitrogens is 2. The summed E-state index contributed by atoms with van der Waals surface area (Å²) >= 11 is 0. The Labute approximate surface area is 224 Å². The molecule has 10 heteroatoms. The predicted octanol–water partition coefficient (Wildman–Crippen LogP) is 4.04. The molecular formula is C29H26N4O6. The second kappa shape index (κ2) is 9.39. The highest BCUT2D eigenvalue weighted by Crippen LogP contribution is 2.43. The van der Waals surface area contributed by atoms with Crippen LogP contribution in [0.1, 0.15) is 17.2 Å². The van der Waals surface area contributed by atoms with Crippen LogP contribution in [0.4, 0.5) is 11.6 Å². The van der Waals surface area contributed by atoms with Crippen LogP contribution in [0.25, 0.3) is 16.8 Å². The third-order valence-corrected chi connectivity index (χ3v) is 6.89. The number of methoxy groups -OCH3 is 1. The molecular weight excluding hydrogens is 500 g/mol. The molecule has 2 N–H and O–H groups in total. The molecule has 10 nitrogen and oxygen atoms in total. The number of aliphatic hydroxyl groups is 1. The third-order valence-electron chi connectivity index (χ3n) is 6.89. The number of imidazole rings is 1. The number of rotatable bonds is 5. The third kappa shape index (κ3) is 4.10. The van der Waals surface area contributed by atoms with Crippen LogP contribution in [0.5, 0.6) is 17.2 Å². The van der Waals surface area contributed by atoms with Crippen molar-refractivity contribution in [3.8, 4) is 17.2 Å². The Hall–Kier alpha value is -4.99.